The lowest BCUT2D eigenvalue weighted by molar-refractivity contribution is -0.118. The summed E-state index contributed by atoms with van der Waals surface area (Å²) in [5.74, 6) is 0.445. The Morgan fingerprint density at radius 2 is 2.15 bits per heavy atom. The molecule has 1 aliphatic rings. The predicted molar refractivity (Wildman–Crippen MR) is 74.8 cm³/mol. The quantitative estimate of drug-likeness (QED) is 0.790. The van der Waals surface area contributed by atoms with Gasteiger partial charge in [-0.15, -0.1) is 0 Å². The first-order chi connectivity index (χ1) is 9.54. The molecular weight excluding hydrogens is 284 g/mol. The first kappa shape index (κ1) is 14.7. The summed E-state index contributed by atoms with van der Waals surface area (Å²) >= 11 is 5.91. The topological polar surface area (TPSA) is 106 Å². The van der Waals surface area contributed by atoms with Crippen molar-refractivity contribution in [1.29, 1.82) is 0 Å². The zero-order valence-electron chi connectivity index (χ0n) is 11.2. The van der Waals surface area contributed by atoms with Crippen LogP contribution in [-0.2, 0) is 9.53 Å². The minimum absolute atomic E-state index is 0.107. The number of carbonyl (C=O) groups excluding carboxylic acids is 1. The number of carbonyl (C=O) groups is 1. The SMILES string of the molecule is CC(CC(N)=O)Nc1nc(Cl)nc(N2CCOCC2)n1. The van der Waals surface area contributed by atoms with E-state index in [-0.39, 0.29) is 17.7 Å². The number of nitrogens with zero attached hydrogens (tertiary/aromatic N) is 4. The molecule has 1 aromatic heterocycles. The molecule has 1 atom stereocenters. The summed E-state index contributed by atoms with van der Waals surface area (Å²) in [6, 6.07) is -0.177. The Bertz CT molecular complexity index is 480. The van der Waals surface area contributed by atoms with Crippen molar-refractivity contribution in [3.8, 4) is 0 Å². The van der Waals surface area contributed by atoms with Crippen LogP contribution in [0.1, 0.15) is 13.3 Å². The third-order valence-corrected chi connectivity index (χ3v) is 2.94. The van der Waals surface area contributed by atoms with Crippen molar-refractivity contribution in [3.05, 3.63) is 5.28 Å². The molecule has 3 N–H and O–H groups in total. The van der Waals surface area contributed by atoms with Crippen molar-refractivity contribution in [1.82, 2.24) is 15.0 Å². The third-order valence-electron chi connectivity index (χ3n) is 2.77. The maximum atomic E-state index is 10.9. The zero-order chi connectivity index (χ0) is 14.5. The summed E-state index contributed by atoms with van der Waals surface area (Å²) in [5, 5.41) is 3.09. The van der Waals surface area contributed by atoms with Gasteiger partial charge in [-0.2, -0.15) is 15.0 Å². The van der Waals surface area contributed by atoms with E-state index in [1.807, 2.05) is 11.8 Å². The monoisotopic (exact) mass is 300 g/mol. The number of anilines is 2. The Hall–Kier alpha value is -1.67. The fourth-order valence-electron chi connectivity index (χ4n) is 1.88. The number of hydrogen-bond acceptors (Lipinski definition) is 7. The van der Waals surface area contributed by atoms with Crippen LogP contribution in [0, 0.1) is 0 Å². The molecule has 0 aliphatic carbocycles. The molecule has 0 aromatic carbocycles. The normalized spacial score (nSPS) is 16.8. The molecule has 1 aliphatic heterocycles. The molecule has 1 fully saturated rings. The Morgan fingerprint density at radius 3 is 2.80 bits per heavy atom. The summed E-state index contributed by atoms with van der Waals surface area (Å²) in [5.41, 5.74) is 5.14. The second-order valence-electron chi connectivity index (χ2n) is 4.54. The highest BCUT2D eigenvalue weighted by atomic mass is 35.5. The van der Waals surface area contributed by atoms with Gasteiger partial charge in [-0.25, -0.2) is 0 Å². The fraction of sp³-hybridized carbons (Fsp3) is 0.636. The molecule has 0 bridgehead atoms. The lowest BCUT2D eigenvalue weighted by Crippen LogP contribution is -2.37. The van der Waals surface area contributed by atoms with E-state index in [1.54, 1.807) is 0 Å². The van der Waals surface area contributed by atoms with Crippen LogP contribution in [-0.4, -0.2) is 53.2 Å². The van der Waals surface area contributed by atoms with Gasteiger partial charge in [0.15, 0.2) is 0 Å². The van der Waals surface area contributed by atoms with Crippen LogP contribution in [0.5, 0.6) is 0 Å². The number of nitrogens with one attached hydrogen (secondary N) is 1. The van der Waals surface area contributed by atoms with Crippen molar-refractivity contribution in [2.45, 2.75) is 19.4 Å². The molecule has 0 saturated carbocycles. The van der Waals surface area contributed by atoms with Gasteiger partial charge in [-0.1, -0.05) is 0 Å². The highest BCUT2D eigenvalue weighted by Gasteiger charge is 2.17. The van der Waals surface area contributed by atoms with Crippen LogP contribution in [0.4, 0.5) is 11.9 Å². The summed E-state index contributed by atoms with van der Waals surface area (Å²) < 4.78 is 5.28. The number of nitrogens with two attached hydrogens (primary N) is 1. The summed E-state index contributed by atoms with van der Waals surface area (Å²) in [4.78, 5) is 25.2. The third kappa shape index (κ3) is 4.17. The van der Waals surface area contributed by atoms with Crippen LogP contribution in [0.25, 0.3) is 0 Å². The van der Waals surface area contributed by atoms with Crippen molar-refractivity contribution in [3.63, 3.8) is 0 Å². The maximum Gasteiger partial charge on any atom is 0.231 e. The minimum Gasteiger partial charge on any atom is -0.378 e. The lowest BCUT2D eigenvalue weighted by Gasteiger charge is -2.27. The predicted octanol–water partition coefficient (Wildman–Crippen LogP) is 0.0374. The largest absolute Gasteiger partial charge is 0.378 e. The van der Waals surface area contributed by atoms with Gasteiger partial charge >= 0.3 is 0 Å². The van der Waals surface area contributed by atoms with Crippen LogP contribution >= 0.6 is 11.6 Å². The van der Waals surface area contributed by atoms with Crippen molar-refractivity contribution in [2.24, 2.45) is 5.73 Å². The lowest BCUT2D eigenvalue weighted by atomic mass is 10.2. The first-order valence-electron chi connectivity index (χ1n) is 6.33. The van der Waals surface area contributed by atoms with E-state index < -0.39 is 5.91 Å². The molecule has 1 unspecified atom stereocenters. The molecule has 110 valence electrons. The number of morpholine rings is 1. The molecule has 2 heterocycles. The Balaban J connectivity index is 2.09. The molecule has 9 heteroatoms. The van der Waals surface area contributed by atoms with Gasteiger partial charge in [0.1, 0.15) is 0 Å². The van der Waals surface area contributed by atoms with Crippen LogP contribution < -0.4 is 16.0 Å². The van der Waals surface area contributed by atoms with E-state index in [2.05, 4.69) is 20.3 Å². The molecular formula is C11H17ClN6O2. The Kier molecular flexibility index (Phi) is 4.91. The average molecular weight is 301 g/mol. The Morgan fingerprint density at radius 1 is 1.45 bits per heavy atom. The number of ether oxygens (including phenoxy) is 1. The van der Waals surface area contributed by atoms with Gasteiger partial charge in [0.25, 0.3) is 0 Å². The molecule has 20 heavy (non-hydrogen) atoms. The van der Waals surface area contributed by atoms with Gasteiger partial charge in [-0.05, 0) is 18.5 Å². The number of rotatable bonds is 5. The van der Waals surface area contributed by atoms with Gasteiger partial charge in [0, 0.05) is 25.6 Å². The molecule has 0 radical (unpaired) electrons. The molecule has 8 nitrogen and oxygen atoms in total. The van der Waals surface area contributed by atoms with Gasteiger partial charge in [-0.3, -0.25) is 4.79 Å². The number of amides is 1. The van der Waals surface area contributed by atoms with Crippen LogP contribution in [0.15, 0.2) is 0 Å². The minimum atomic E-state index is -0.390. The van der Waals surface area contributed by atoms with Gasteiger partial charge in [0.05, 0.1) is 13.2 Å². The summed E-state index contributed by atoms with van der Waals surface area (Å²) in [7, 11) is 0. The van der Waals surface area contributed by atoms with Crippen molar-refractivity contribution < 1.29 is 9.53 Å². The highest BCUT2D eigenvalue weighted by Crippen LogP contribution is 2.15. The summed E-state index contributed by atoms with van der Waals surface area (Å²) in [6.07, 6.45) is 0.191. The van der Waals surface area contributed by atoms with Crippen LogP contribution in [0.3, 0.4) is 0 Å². The van der Waals surface area contributed by atoms with E-state index in [0.717, 1.165) is 0 Å². The second-order valence-corrected chi connectivity index (χ2v) is 4.88. The van der Waals surface area contributed by atoms with Gasteiger partial charge in [0.2, 0.25) is 23.1 Å². The van der Waals surface area contributed by atoms with Crippen molar-refractivity contribution in [2.75, 3.05) is 36.5 Å². The number of aromatic nitrogens is 3. The number of hydrogen-bond donors (Lipinski definition) is 2. The Labute approximate surface area is 121 Å². The molecule has 1 amide bonds. The van der Waals surface area contributed by atoms with Gasteiger partial charge < -0.3 is 20.7 Å². The molecule has 2 rings (SSSR count). The number of halogens is 1. The van der Waals surface area contributed by atoms with Crippen LogP contribution in [0.2, 0.25) is 5.28 Å². The van der Waals surface area contributed by atoms with E-state index in [0.29, 0.717) is 38.2 Å². The first-order valence-corrected chi connectivity index (χ1v) is 6.71. The standard InChI is InChI=1S/C11H17ClN6O2/c1-7(6-8(13)19)14-10-15-9(12)16-11(17-10)18-2-4-20-5-3-18/h7H,2-6H2,1H3,(H2,13,19)(H,14,15,16,17). The second kappa shape index (κ2) is 6.67. The highest BCUT2D eigenvalue weighted by molar-refractivity contribution is 6.28. The van der Waals surface area contributed by atoms with E-state index >= 15 is 0 Å². The smallest absolute Gasteiger partial charge is 0.231 e. The van der Waals surface area contributed by atoms with Crippen molar-refractivity contribution >= 4 is 29.4 Å². The van der Waals surface area contributed by atoms with E-state index in [9.17, 15) is 4.79 Å². The maximum absolute atomic E-state index is 10.9. The molecule has 0 spiro atoms. The molecule has 1 saturated heterocycles. The summed E-state index contributed by atoms with van der Waals surface area (Å²) in [6.45, 7) is 4.48. The number of primary amides is 1. The average Bonchev–Trinajstić information content (AvgIpc) is 2.38. The van der Waals surface area contributed by atoms with E-state index in [1.165, 1.54) is 0 Å². The zero-order valence-corrected chi connectivity index (χ0v) is 11.9. The van der Waals surface area contributed by atoms with E-state index in [4.69, 9.17) is 22.1 Å². The fourth-order valence-corrected chi connectivity index (χ4v) is 2.04. The molecule has 1 aromatic rings.